The minimum Gasteiger partial charge on any atom is -0.481 e. The minimum absolute atomic E-state index is 0.0157. The summed E-state index contributed by atoms with van der Waals surface area (Å²) < 4.78 is 44.5. The van der Waals surface area contributed by atoms with E-state index in [0.717, 1.165) is 29.0 Å². The summed E-state index contributed by atoms with van der Waals surface area (Å²) in [7, 11) is 0. The van der Waals surface area contributed by atoms with Crippen molar-refractivity contribution < 1.29 is 22.7 Å². The number of hydrogen-bond acceptors (Lipinski definition) is 2. The van der Waals surface area contributed by atoms with Gasteiger partial charge in [0.25, 0.3) is 5.91 Å². The zero-order valence-corrected chi connectivity index (χ0v) is 15.6. The highest BCUT2D eigenvalue weighted by Crippen LogP contribution is 2.34. The first-order valence-corrected chi connectivity index (χ1v) is 8.99. The third kappa shape index (κ3) is 4.57. The van der Waals surface area contributed by atoms with Gasteiger partial charge in [0, 0.05) is 0 Å². The molecule has 7 heteroatoms. The molecule has 146 valence electrons. The Balaban J connectivity index is 1.78. The van der Waals surface area contributed by atoms with Crippen molar-refractivity contribution in [3.05, 3.63) is 71.2 Å². The smallest absolute Gasteiger partial charge is 0.416 e. The number of benzene rings is 3. The van der Waals surface area contributed by atoms with Crippen LogP contribution in [0.2, 0.25) is 5.02 Å². The summed E-state index contributed by atoms with van der Waals surface area (Å²) in [5, 5.41) is 4.44. The van der Waals surface area contributed by atoms with Gasteiger partial charge in [-0.05, 0) is 47.5 Å². The first kappa shape index (κ1) is 20.0. The summed E-state index contributed by atoms with van der Waals surface area (Å²) in [4.78, 5) is 12.5. The molecule has 0 spiro atoms. The van der Waals surface area contributed by atoms with Crippen LogP contribution in [0, 0.1) is 0 Å². The average Bonchev–Trinajstić information content (AvgIpc) is 2.66. The van der Waals surface area contributed by atoms with Crippen molar-refractivity contribution in [2.45, 2.75) is 25.6 Å². The van der Waals surface area contributed by atoms with E-state index >= 15 is 0 Å². The van der Waals surface area contributed by atoms with Crippen LogP contribution in [0.4, 0.5) is 18.9 Å². The number of fused-ring (bicyclic) bond motifs is 1. The number of nitrogens with one attached hydrogen (secondary N) is 1. The predicted molar refractivity (Wildman–Crippen MR) is 104 cm³/mol. The molecular weight excluding hydrogens is 391 g/mol. The molecule has 1 amide bonds. The van der Waals surface area contributed by atoms with Crippen molar-refractivity contribution >= 4 is 34.0 Å². The molecule has 0 aromatic heterocycles. The van der Waals surface area contributed by atoms with Gasteiger partial charge in [-0.15, -0.1) is 0 Å². The van der Waals surface area contributed by atoms with Crippen LogP contribution >= 0.6 is 11.6 Å². The van der Waals surface area contributed by atoms with Gasteiger partial charge in [-0.25, -0.2) is 0 Å². The predicted octanol–water partition coefficient (Wildman–Crippen LogP) is 6.31. The van der Waals surface area contributed by atoms with Crippen LogP contribution in [-0.4, -0.2) is 12.0 Å². The highest BCUT2D eigenvalue weighted by molar-refractivity contribution is 6.33. The highest BCUT2D eigenvalue weighted by Gasteiger charge is 2.31. The fraction of sp³-hybridized carbons (Fsp3) is 0.190. The molecule has 3 rings (SSSR count). The summed E-state index contributed by atoms with van der Waals surface area (Å²) >= 11 is 5.94. The molecule has 0 fully saturated rings. The van der Waals surface area contributed by atoms with E-state index in [-0.39, 0.29) is 10.7 Å². The number of rotatable bonds is 5. The Bertz CT molecular complexity index is 1000. The van der Waals surface area contributed by atoms with Gasteiger partial charge in [0.2, 0.25) is 0 Å². The van der Waals surface area contributed by atoms with Crippen molar-refractivity contribution in [2.75, 3.05) is 5.32 Å². The maximum absolute atomic E-state index is 12.9. The molecule has 0 heterocycles. The third-order valence-electron chi connectivity index (χ3n) is 4.21. The van der Waals surface area contributed by atoms with Crippen LogP contribution in [0.25, 0.3) is 10.8 Å². The molecule has 0 bridgehead atoms. The van der Waals surface area contributed by atoms with Gasteiger partial charge < -0.3 is 10.1 Å². The van der Waals surface area contributed by atoms with Crippen LogP contribution in [0.1, 0.15) is 18.9 Å². The number of halogens is 4. The Morgan fingerprint density at radius 3 is 2.46 bits per heavy atom. The first-order chi connectivity index (χ1) is 13.3. The molecule has 0 aliphatic heterocycles. The Kier molecular flexibility index (Phi) is 5.79. The van der Waals surface area contributed by atoms with E-state index in [2.05, 4.69) is 5.32 Å². The molecule has 3 aromatic rings. The topological polar surface area (TPSA) is 38.3 Å². The normalized spacial score (nSPS) is 12.6. The lowest BCUT2D eigenvalue weighted by atomic mass is 10.1. The second-order valence-corrected chi connectivity index (χ2v) is 6.61. The molecule has 1 unspecified atom stereocenters. The van der Waals surface area contributed by atoms with E-state index in [1.54, 1.807) is 13.0 Å². The maximum Gasteiger partial charge on any atom is 0.416 e. The van der Waals surface area contributed by atoms with Crippen molar-refractivity contribution in [1.29, 1.82) is 0 Å². The molecule has 0 saturated carbocycles. The molecule has 0 aliphatic rings. The minimum atomic E-state index is -4.53. The number of carbonyl (C=O) groups excluding carboxylic acids is 1. The molecule has 3 nitrogen and oxygen atoms in total. The fourth-order valence-electron chi connectivity index (χ4n) is 2.74. The summed E-state index contributed by atoms with van der Waals surface area (Å²) in [6, 6.07) is 15.9. The molecule has 28 heavy (non-hydrogen) atoms. The maximum atomic E-state index is 12.9. The monoisotopic (exact) mass is 407 g/mol. The van der Waals surface area contributed by atoms with Crippen LogP contribution in [0.3, 0.4) is 0 Å². The van der Waals surface area contributed by atoms with Crippen LogP contribution in [0.5, 0.6) is 5.75 Å². The number of alkyl halides is 3. The summed E-state index contributed by atoms with van der Waals surface area (Å²) in [6.45, 7) is 1.75. The largest absolute Gasteiger partial charge is 0.481 e. The highest BCUT2D eigenvalue weighted by atomic mass is 35.5. The Morgan fingerprint density at radius 1 is 1.07 bits per heavy atom. The van der Waals surface area contributed by atoms with E-state index in [4.69, 9.17) is 16.3 Å². The first-order valence-electron chi connectivity index (χ1n) is 8.61. The molecule has 3 aromatic carbocycles. The zero-order valence-electron chi connectivity index (χ0n) is 14.9. The van der Waals surface area contributed by atoms with E-state index in [9.17, 15) is 18.0 Å². The number of carbonyl (C=O) groups is 1. The Morgan fingerprint density at radius 2 is 1.79 bits per heavy atom. The zero-order chi connectivity index (χ0) is 20.3. The van der Waals surface area contributed by atoms with Crippen molar-refractivity contribution in [3.8, 4) is 5.75 Å². The number of hydrogen-bond donors (Lipinski definition) is 1. The Labute approximate surface area is 165 Å². The van der Waals surface area contributed by atoms with E-state index < -0.39 is 23.8 Å². The number of ether oxygens (including phenoxy) is 1. The molecule has 0 saturated heterocycles. The van der Waals surface area contributed by atoms with Crippen molar-refractivity contribution in [1.82, 2.24) is 0 Å². The van der Waals surface area contributed by atoms with Gasteiger partial charge in [-0.2, -0.15) is 13.2 Å². The van der Waals surface area contributed by atoms with Gasteiger partial charge in [-0.3, -0.25) is 4.79 Å². The molecule has 1 atom stereocenters. The van der Waals surface area contributed by atoms with Gasteiger partial charge in [-0.1, -0.05) is 48.9 Å². The quantitative estimate of drug-likeness (QED) is 0.538. The second-order valence-electron chi connectivity index (χ2n) is 6.21. The van der Waals surface area contributed by atoms with E-state index in [1.165, 1.54) is 0 Å². The summed E-state index contributed by atoms with van der Waals surface area (Å²) in [5.74, 6) is -0.0762. The fourth-order valence-corrected chi connectivity index (χ4v) is 2.90. The van der Waals surface area contributed by atoms with Gasteiger partial charge in [0.1, 0.15) is 5.75 Å². The van der Waals surface area contributed by atoms with Gasteiger partial charge >= 0.3 is 6.18 Å². The van der Waals surface area contributed by atoms with Crippen LogP contribution < -0.4 is 10.1 Å². The summed E-state index contributed by atoms with van der Waals surface area (Å²) in [6.07, 6.45) is -5.09. The van der Waals surface area contributed by atoms with Gasteiger partial charge in [0.05, 0.1) is 16.3 Å². The molecule has 0 aliphatic carbocycles. The van der Waals surface area contributed by atoms with Crippen LogP contribution in [-0.2, 0) is 11.0 Å². The lowest BCUT2D eigenvalue weighted by Crippen LogP contribution is -2.32. The summed E-state index contributed by atoms with van der Waals surface area (Å²) in [5.41, 5.74) is -1.00. The average molecular weight is 408 g/mol. The van der Waals surface area contributed by atoms with Gasteiger partial charge in [0.15, 0.2) is 6.10 Å². The Hall–Kier alpha value is -2.73. The second kappa shape index (κ2) is 8.10. The van der Waals surface area contributed by atoms with Crippen LogP contribution in [0.15, 0.2) is 60.7 Å². The van der Waals surface area contributed by atoms with Crippen molar-refractivity contribution in [2.24, 2.45) is 0 Å². The van der Waals surface area contributed by atoms with Crippen molar-refractivity contribution in [3.63, 3.8) is 0 Å². The van der Waals surface area contributed by atoms with E-state index in [1.807, 2.05) is 36.4 Å². The van der Waals surface area contributed by atoms with E-state index in [0.29, 0.717) is 12.2 Å². The lowest BCUT2D eigenvalue weighted by Gasteiger charge is -2.19. The SMILES string of the molecule is CCC(Oc1ccc2ccccc2c1)C(=O)Nc1cc(C(F)(F)F)ccc1Cl. The molecule has 0 radical (unpaired) electrons. The number of anilines is 1. The standard InChI is InChI=1S/C21H17ClF3NO2/c1-2-19(28-16-9-7-13-5-3-4-6-14(13)11-16)20(27)26-18-12-15(21(23,24)25)8-10-17(18)22/h3-12,19H,2H2,1H3,(H,26,27). The lowest BCUT2D eigenvalue weighted by molar-refractivity contribution is -0.137. The number of amides is 1. The third-order valence-corrected chi connectivity index (χ3v) is 4.54. The molecular formula is C21H17ClF3NO2. The molecule has 1 N–H and O–H groups in total.